The number of rotatable bonds is 3. The van der Waals surface area contributed by atoms with E-state index >= 15 is 0 Å². The van der Waals surface area contributed by atoms with Crippen LogP contribution in [0.15, 0.2) is 17.3 Å². The van der Waals surface area contributed by atoms with Gasteiger partial charge in [0.1, 0.15) is 0 Å². The van der Waals surface area contributed by atoms with Crippen molar-refractivity contribution in [3.63, 3.8) is 0 Å². The lowest BCUT2D eigenvalue weighted by Crippen LogP contribution is -2.43. The molecular weight excluding hydrogens is 182 g/mol. The Morgan fingerprint density at radius 2 is 2.14 bits per heavy atom. The molecule has 0 saturated heterocycles. The fraction of sp³-hybridized carbons (Fsp3) is 0.556. The predicted octanol–water partition coefficient (Wildman–Crippen LogP) is 0.200. The number of carbonyl (C=O) groups is 2. The highest BCUT2D eigenvalue weighted by Crippen LogP contribution is 2.05. The van der Waals surface area contributed by atoms with Gasteiger partial charge in [0.25, 0.3) is 0 Å². The molecule has 1 aliphatic rings. The largest absolute Gasteiger partial charge is 0.437 e. The van der Waals surface area contributed by atoms with Crippen molar-refractivity contribution in [2.24, 2.45) is 10.8 Å². The number of nitrogens with zero attached hydrogens (tertiary/aromatic N) is 2. The van der Waals surface area contributed by atoms with Crippen molar-refractivity contribution >= 4 is 11.8 Å². The summed E-state index contributed by atoms with van der Waals surface area (Å²) < 4.78 is 1.15. The van der Waals surface area contributed by atoms with Crippen molar-refractivity contribution in [1.29, 1.82) is 0 Å². The van der Waals surface area contributed by atoms with Crippen molar-refractivity contribution in [3.05, 3.63) is 12.2 Å². The Kier molecular flexibility index (Phi) is 3.24. The summed E-state index contributed by atoms with van der Waals surface area (Å²) in [5, 5.41) is 3.61. The van der Waals surface area contributed by atoms with Crippen LogP contribution in [0.1, 0.15) is 20.3 Å². The second-order valence-corrected chi connectivity index (χ2v) is 3.27. The van der Waals surface area contributed by atoms with Crippen LogP contribution in [0.4, 0.5) is 0 Å². The van der Waals surface area contributed by atoms with Crippen LogP contribution in [-0.4, -0.2) is 28.6 Å². The first-order chi connectivity index (χ1) is 6.56. The standard InChI is InChI=1S/C9H14N3O2/c1-3-7(10)6(2)12-9(14)5-4-8(13)11-12/h4-7H,3,10H2,1-2H3/q+1. The maximum Gasteiger partial charge on any atom is 0.437 e. The van der Waals surface area contributed by atoms with Crippen LogP contribution in [0, 0.1) is 0 Å². The fourth-order valence-electron chi connectivity index (χ4n) is 1.22. The SMILES string of the molecule is CCC(N)C(C)[N+]1=NC(=O)C=CC1=O. The molecule has 0 spiro atoms. The molecule has 14 heavy (non-hydrogen) atoms. The highest BCUT2D eigenvalue weighted by Gasteiger charge is 2.32. The van der Waals surface area contributed by atoms with Gasteiger partial charge in [0.2, 0.25) is 0 Å². The van der Waals surface area contributed by atoms with Gasteiger partial charge in [-0.3, -0.25) is 4.79 Å². The summed E-state index contributed by atoms with van der Waals surface area (Å²) in [6.07, 6.45) is 3.11. The third-order valence-electron chi connectivity index (χ3n) is 2.28. The molecule has 1 heterocycles. The van der Waals surface area contributed by atoms with E-state index in [1.165, 1.54) is 6.08 Å². The normalized spacial score (nSPS) is 20.6. The molecule has 1 rings (SSSR count). The molecule has 0 saturated carbocycles. The number of hydrogen-bond acceptors (Lipinski definition) is 3. The quantitative estimate of drug-likeness (QED) is 0.655. The van der Waals surface area contributed by atoms with Crippen molar-refractivity contribution < 1.29 is 14.3 Å². The molecular formula is C9H14N3O2+. The molecule has 2 unspecified atom stereocenters. The Morgan fingerprint density at radius 1 is 1.50 bits per heavy atom. The van der Waals surface area contributed by atoms with Crippen LogP contribution in [0.3, 0.4) is 0 Å². The minimum Gasteiger partial charge on any atom is -0.322 e. The molecule has 76 valence electrons. The first-order valence-corrected chi connectivity index (χ1v) is 4.58. The number of carbonyl (C=O) groups excluding carboxylic acids is 2. The van der Waals surface area contributed by atoms with E-state index in [1.807, 2.05) is 6.92 Å². The summed E-state index contributed by atoms with van der Waals surface area (Å²) in [7, 11) is 0. The van der Waals surface area contributed by atoms with Crippen molar-refractivity contribution in [1.82, 2.24) is 0 Å². The molecule has 2 atom stereocenters. The average Bonchev–Trinajstić information content (AvgIpc) is 2.19. The molecule has 2 N–H and O–H groups in total. The zero-order chi connectivity index (χ0) is 10.7. The van der Waals surface area contributed by atoms with Crippen LogP contribution < -0.4 is 5.73 Å². The first kappa shape index (κ1) is 10.7. The van der Waals surface area contributed by atoms with E-state index in [0.29, 0.717) is 0 Å². The molecule has 2 amide bonds. The number of amides is 2. The van der Waals surface area contributed by atoms with Gasteiger partial charge in [-0.2, -0.15) is 0 Å². The topological polar surface area (TPSA) is 75.5 Å². The maximum absolute atomic E-state index is 11.3. The number of hydrogen-bond donors (Lipinski definition) is 1. The summed E-state index contributed by atoms with van der Waals surface area (Å²) in [6.45, 7) is 3.70. The molecule has 5 heteroatoms. The number of azo groups is 2. The first-order valence-electron chi connectivity index (χ1n) is 4.58. The van der Waals surface area contributed by atoms with Crippen molar-refractivity contribution in [3.8, 4) is 0 Å². The molecule has 0 fully saturated rings. The second-order valence-electron chi connectivity index (χ2n) is 3.27. The van der Waals surface area contributed by atoms with Gasteiger partial charge in [0.15, 0.2) is 6.04 Å². The Bertz CT molecular complexity index is 320. The fourth-order valence-corrected chi connectivity index (χ4v) is 1.22. The predicted molar refractivity (Wildman–Crippen MR) is 49.6 cm³/mol. The second kappa shape index (κ2) is 4.23. The van der Waals surface area contributed by atoms with E-state index in [2.05, 4.69) is 5.11 Å². The van der Waals surface area contributed by atoms with E-state index in [4.69, 9.17) is 5.73 Å². The van der Waals surface area contributed by atoms with E-state index in [-0.39, 0.29) is 18.0 Å². The molecule has 0 bridgehead atoms. The smallest absolute Gasteiger partial charge is 0.322 e. The maximum atomic E-state index is 11.3. The summed E-state index contributed by atoms with van der Waals surface area (Å²) in [4.78, 5) is 22.3. The van der Waals surface area contributed by atoms with Crippen LogP contribution in [0.25, 0.3) is 0 Å². The molecule has 0 aromatic carbocycles. The van der Waals surface area contributed by atoms with Crippen LogP contribution >= 0.6 is 0 Å². The average molecular weight is 196 g/mol. The third-order valence-corrected chi connectivity index (χ3v) is 2.28. The van der Waals surface area contributed by atoms with Crippen molar-refractivity contribution in [2.45, 2.75) is 32.4 Å². The lowest BCUT2D eigenvalue weighted by molar-refractivity contribution is -0.542. The third kappa shape index (κ3) is 2.11. The van der Waals surface area contributed by atoms with Gasteiger partial charge >= 0.3 is 11.8 Å². The van der Waals surface area contributed by atoms with Crippen molar-refractivity contribution in [2.75, 3.05) is 0 Å². The molecule has 0 radical (unpaired) electrons. The molecule has 0 aliphatic carbocycles. The minimum absolute atomic E-state index is 0.165. The molecule has 0 aromatic rings. The van der Waals surface area contributed by atoms with Gasteiger partial charge in [-0.05, 0) is 11.1 Å². The highest BCUT2D eigenvalue weighted by atomic mass is 16.2. The Labute approximate surface area is 82.3 Å². The monoisotopic (exact) mass is 196 g/mol. The van der Waals surface area contributed by atoms with Gasteiger partial charge in [0, 0.05) is 18.1 Å². The van der Waals surface area contributed by atoms with Crippen LogP contribution in [0.5, 0.6) is 0 Å². The Hall–Kier alpha value is -1.36. The van der Waals surface area contributed by atoms with E-state index < -0.39 is 5.91 Å². The summed E-state index contributed by atoms with van der Waals surface area (Å²) >= 11 is 0. The molecule has 5 nitrogen and oxygen atoms in total. The Balaban J connectivity index is 2.86. The summed E-state index contributed by atoms with van der Waals surface area (Å²) in [6, 6.07) is -0.414. The van der Waals surface area contributed by atoms with Gasteiger partial charge in [0.05, 0.1) is 12.1 Å². The zero-order valence-electron chi connectivity index (χ0n) is 8.30. The summed E-state index contributed by atoms with van der Waals surface area (Å²) in [5.74, 6) is -0.708. The van der Waals surface area contributed by atoms with E-state index in [9.17, 15) is 9.59 Å². The Morgan fingerprint density at radius 3 is 2.71 bits per heavy atom. The zero-order valence-corrected chi connectivity index (χ0v) is 8.30. The van der Waals surface area contributed by atoms with Gasteiger partial charge in [-0.15, -0.1) is 0 Å². The molecule has 0 aromatic heterocycles. The summed E-state index contributed by atoms with van der Waals surface area (Å²) in [5.41, 5.74) is 5.77. The van der Waals surface area contributed by atoms with Gasteiger partial charge < -0.3 is 5.73 Å². The lowest BCUT2D eigenvalue weighted by Gasteiger charge is -2.12. The minimum atomic E-state index is -0.417. The van der Waals surface area contributed by atoms with Gasteiger partial charge in [-0.25, -0.2) is 4.79 Å². The highest BCUT2D eigenvalue weighted by molar-refractivity contribution is 5.96. The van der Waals surface area contributed by atoms with Crippen LogP contribution in [-0.2, 0) is 9.59 Å². The number of nitrogens with two attached hydrogens (primary N) is 1. The lowest BCUT2D eigenvalue weighted by atomic mass is 10.1. The van der Waals surface area contributed by atoms with E-state index in [0.717, 1.165) is 17.2 Å². The van der Waals surface area contributed by atoms with Crippen LogP contribution in [0.2, 0.25) is 0 Å². The van der Waals surface area contributed by atoms with Gasteiger partial charge in [-0.1, -0.05) is 6.92 Å². The molecule has 1 aliphatic heterocycles. The van der Waals surface area contributed by atoms with E-state index in [1.54, 1.807) is 6.92 Å².